The number of aromatic nitrogens is 1. The quantitative estimate of drug-likeness (QED) is 0.839. The van der Waals surface area contributed by atoms with Gasteiger partial charge in [-0.3, -0.25) is 9.78 Å². The molecule has 92 valence electrons. The second kappa shape index (κ2) is 4.64. The van der Waals surface area contributed by atoms with Crippen LogP contribution >= 0.6 is 0 Å². The van der Waals surface area contributed by atoms with Gasteiger partial charge in [-0.2, -0.15) is 0 Å². The summed E-state index contributed by atoms with van der Waals surface area (Å²) in [6, 6.07) is 7.89. The Bertz CT molecular complexity index is 576. The Kier molecular flexibility index (Phi) is 2.84. The number of anilines is 2. The highest BCUT2D eigenvalue weighted by atomic mass is 16.1. The summed E-state index contributed by atoms with van der Waals surface area (Å²) in [5, 5.41) is 3.72. The maximum Gasteiger partial charge on any atom is 0.211 e. The van der Waals surface area contributed by atoms with E-state index in [9.17, 15) is 4.79 Å². The van der Waals surface area contributed by atoms with E-state index in [-0.39, 0.29) is 0 Å². The van der Waals surface area contributed by atoms with Crippen molar-refractivity contribution in [1.29, 1.82) is 0 Å². The molecule has 0 atom stereocenters. The number of pyridine rings is 1. The van der Waals surface area contributed by atoms with Gasteiger partial charge in [0.2, 0.25) is 6.41 Å². The molecule has 1 N–H and O–H groups in total. The lowest BCUT2D eigenvalue weighted by molar-refractivity contribution is -0.105. The minimum atomic E-state index is 0.706. The van der Waals surface area contributed by atoms with Crippen LogP contribution in [-0.4, -0.2) is 24.5 Å². The molecule has 4 nitrogen and oxygen atoms in total. The van der Waals surface area contributed by atoms with Gasteiger partial charge >= 0.3 is 0 Å². The summed E-state index contributed by atoms with van der Waals surface area (Å²) >= 11 is 0. The maximum absolute atomic E-state index is 10.6. The van der Waals surface area contributed by atoms with Crippen LogP contribution in [0.25, 0.3) is 10.9 Å². The molecule has 0 spiro atoms. The van der Waals surface area contributed by atoms with Gasteiger partial charge in [-0.05, 0) is 37.1 Å². The number of nitrogens with one attached hydrogen (secondary N) is 1. The monoisotopic (exact) mass is 241 g/mol. The van der Waals surface area contributed by atoms with Crippen LogP contribution in [0.1, 0.15) is 12.8 Å². The predicted octanol–water partition coefficient (Wildman–Crippen LogP) is 2.40. The summed E-state index contributed by atoms with van der Waals surface area (Å²) < 4.78 is 0. The van der Waals surface area contributed by atoms with Crippen molar-refractivity contribution in [2.75, 3.05) is 23.3 Å². The van der Waals surface area contributed by atoms with Crippen molar-refractivity contribution in [3.05, 3.63) is 30.5 Å². The van der Waals surface area contributed by atoms with Crippen LogP contribution < -0.4 is 10.2 Å². The van der Waals surface area contributed by atoms with Crippen LogP contribution in [0, 0.1) is 0 Å². The molecule has 1 amide bonds. The lowest BCUT2D eigenvalue weighted by Crippen LogP contribution is -2.18. The molecule has 0 radical (unpaired) electrons. The van der Waals surface area contributed by atoms with Gasteiger partial charge in [0.1, 0.15) is 0 Å². The average molecular weight is 241 g/mol. The van der Waals surface area contributed by atoms with Crippen molar-refractivity contribution in [3.8, 4) is 0 Å². The molecule has 0 saturated carbocycles. The molecule has 1 aliphatic heterocycles. The largest absolute Gasteiger partial charge is 0.370 e. The fraction of sp³-hybridized carbons (Fsp3) is 0.286. The number of rotatable bonds is 3. The zero-order valence-corrected chi connectivity index (χ0v) is 10.1. The van der Waals surface area contributed by atoms with E-state index >= 15 is 0 Å². The van der Waals surface area contributed by atoms with E-state index in [0.717, 1.165) is 29.7 Å². The Labute approximate surface area is 106 Å². The van der Waals surface area contributed by atoms with Gasteiger partial charge in [0, 0.05) is 24.7 Å². The highest BCUT2D eigenvalue weighted by molar-refractivity contribution is 6.01. The first kappa shape index (κ1) is 11.0. The van der Waals surface area contributed by atoms with Crippen molar-refractivity contribution in [2.45, 2.75) is 12.8 Å². The molecule has 0 bridgehead atoms. The Balaban J connectivity index is 2.15. The third-order valence-corrected chi connectivity index (χ3v) is 3.41. The molecular weight excluding hydrogens is 226 g/mol. The molecule has 1 fully saturated rings. The molecule has 3 rings (SSSR count). The number of benzene rings is 1. The maximum atomic E-state index is 10.6. The molecule has 2 heterocycles. The van der Waals surface area contributed by atoms with Gasteiger partial charge in [-0.1, -0.05) is 0 Å². The zero-order valence-electron chi connectivity index (χ0n) is 10.1. The Morgan fingerprint density at radius 3 is 2.83 bits per heavy atom. The van der Waals surface area contributed by atoms with E-state index in [1.807, 2.05) is 24.3 Å². The molecule has 1 aromatic heterocycles. The number of hydrogen-bond acceptors (Lipinski definition) is 3. The molecule has 2 aromatic rings. The third kappa shape index (κ3) is 1.79. The number of nitrogens with zero attached hydrogens (tertiary/aromatic N) is 2. The Morgan fingerprint density at radius 1 is 1.22 bits per heavy atom. The smallest absolute Gasteiger partial charge is 0.211 e. The standard InChI is InChI=1S/C14H15N3O/c18-10-16-12-5-6-13(17-8-1-2-9-17)14-11(12)4-3-7-15-14/h3-7,10H,1-2,8-9H2,(H,16,18). The van der Waals surface area contributed by atoms with E-state index in [4.69, 9.17) is 0 Å². The SMILES string of the molecule is O=CNc1ccc(N2CCCC2)c2ncccc12. The summed E-state index contributed by atoms with van der Waals surface area (Å²) in [5.41, 5.74) is 2.95. The van der Waals surface area contributed by atoms with Crippen LogP contribution in [0.3, 0.4) is 0 Å². The summed E-state index contributed by atoms with van der Waals surface area (Å²) in [5.74, 6) is 0. The fourth-order valence-corrected chi connectivity index (χ4v) is 2.56. The molecule has 1 aliphatic rings. The van der Waals surface area contributed by atoms with Crippen LogP contribution in [-0.2, 0) is 4.79 Å². The molecule has 0 aliphatic carbocycles. The number of fused-ring (bicyclic) bond motifs is 1. The van der Waals surface area contributed by atoms with Crippen LogP contribution in [0.5, 0.6) is 0 Å². The fourth-order valence-electron chi connectivity index (χ4n) is 2.56. The second-order valence-corrected chi connectivity index (χ2v) is 4.49. The summed E-state index contributed by atoms with van der Waals surface area (Å²) in [4.78, 5) is 17.4. The molecule has 18 heavy (non-hydrogen) atoms. The van der Waals surface area contributed by atoms with Gasteiger partial charge in [-0.25, -0.2) is 0 Å². The van der Waals surface area contributed by atoms with E-state index < -0.39 is 0 Å². The average Bonchev–Trinajstić information content (AvgIpc) is 2.93. The Hall–Kier alpha value is -2.10. The van der Waals surface area contributed by atoms with E-state index in [2.05, 4.69) is 15.2 Å². The number of amides is 1. The van der Waals surface area contributed by atoms with Crippen molar-refractivity contribution >= 4 is 28.7 Å². The first-order valence-corrected chi connectivity index (χ1v) is 6.23. The van der Waals surface area contributed by atoms with Gasteiger partial charge in [0.05, 0.1) is 16.9 Å². The van der Waals surface area contributed by atoms with Crippen molar-refractivity contribution < 1.29 is 4.79 Å². The minimum absolute atomic E-state index is 0.706. The first-order valence-electron chi connectivity index (χ1n) is 6.23. The van der Waals surface area contributed by atoms with Crippen LogP contribution in [0.4, 0.5) is 11.4 Å². The second-order valence-electron chi connectivity index (χ2n) is 4.49. The van der Waals surface area contributed by atoms with Crippen LogP contribution in [0.2, 0.25) is 0 Å². The van der Waals surface area contributed by atoms with Crippen molar-refractivity contribution in [1.82, 2.24) is 4.98 Å². The van der Waals surface area contributed by atoms with Gasteiger partial charge in [0.15, 0.2) is 0 Å². The molecular formula is C14H15N3O. The van der Waals surface area contributed by atoms with E-state index in [0.29, 0.717) is 6.41 Å². The highest BCUT2D eigenvalue weighted by Gasteiger charge is 2.16. The normalized spacial score (nSPS) is 15.0. The number of hydrogen-bond donors (Lipinski definition) is 1. The summed E-state index contributed by atoms with van der Waals surface area (Å²) in [6.07, 6.45) is 4.98. The third-order valence-electron chi connectivity index (χ3n) is 3.41. The van der Waals surface area contributed by atoms with Crippen molar-refractivity contribution in [2.24, 2.45) is 0 Å². The van der Waals surface area contributed by atoms with Gasteiger partial charge in [-0.15, -0.1) is 0 Å². The first-order chi connectivity index (χ1) is 8.90. The highest BCUT2D eigenvalue weighted by Crippen LogP contribution is 2.32. The van der Waals surface area contributed by atoms with E-state index in [1.54, 1.807) is 6.20 Å². The summed E-state index contributed by atoms with van der Waals surface area (Å²) in [7, 11) is 0. The minimum Gasteiger partial charge on any atom is -0.370 e. The van der Waals surface area contributed by atoms with E-state index in [1.165, 1.54) is 18.5 Å². The zero-order chi connectivity index (χ0) is 12.4. The topological polar surface area (TPSA) is 45.2 Å². The molecule has 1 saturated heterocycles. The molecule has 1 aromatic carbocycles. The van der Waals surface area contributed by atoms with Gasteiger partial charge < -0.3 is 10.2 Å². The predicted molar refractivity (Wildman–Crippen MR) is 72.9 cm³/mol. The van der Waals surface area contributed by atoms with Gasteiger partial charge in [0.25, 0.3) is 0 Å². The lowest BCUT2D eigenvalue weighted by atomic mass is 10.1. The summed E-state index contributed by atoms with van der Waals surface area (Å²) in [6.45, 7) is 2.18. The molecule has 0 unspecified atom stereocenters. The lowest BCUT2D eigenvalue weighted by Gasteiger charge is -2.20. The van der Waals surface area contributed by atoms with Crippen LogP contribution in [0.15, 0.2) is 30.5 Å². The van der Waals surface area contributed by atoms with Crippen molar-refractivity contribution in [3.63, 3.8) is 0 Å². The number of carbonyl (C=O) groups is 1. The number of carbonyl (C=O) groups excluding carboxylic acids is 1. The molecule has 4 heteroatoms. The Morgan fingerprint density at radius 2 is 2.06 bits per heavy atom.